The average Bonchev–Trinajstić information content (AvgIpc) is 2.99. The van der Waals surface area contributed by atoms with Crippen LogP contribution in [0, 0.1) is 0 Å². The van der Waals surface area contributed by atoms with E-state index in [0.717, 1.165) is 25.7 Å². The number of aromatic nitrogens is 3. The zero-order valence-electron chi connectivity index (χ0n) is 12.1. The van der Waals surface area contributed by atoms with Crippen LogP contribution in [0.15, 0.2) is 18.2 Å². The molecule has 0 saturated heterocycles. The van der Waals surface area contributed by atoms with Gasteiger partial charge in [-0.15, -0.1) is 0 Å². The van der Waals surface area contributed by atoms with Gasteiger partial charge in [-0.05, 0) is 49.3 Å². The molecule has 0 bridgehead atoms. The number of hydrogen-bond acceptors (Lipinski definition) is 4. The van der Waals surface area contributed by atoms with Crippen LogP contribution in [0.5, 0.6) is 5.88 Å². The predicted octanol–water partition coefficient (Wildman–Crippen LogP) is 3.91. The molecule has 0 radical (unpaired) electrons. The number of carboxylic acids is 1. The predicted molar refractivity (Wildman–Crippen MR) is 85.4 cm³/mol. The van der Waals surface area contributed by atoms with Crippen molar-refractivity contribution < 1.29 is 14.6 Å². The molecule has 3 rings (SSSR count). The summed E-state index contributed by atoms with van der Waals surface area (Å²) in [4.78, 5) is 11.0. The number of nitrogens with zero attached hydrogens (tertiary/aromatic N) is 2. The van der Waals surface area contributed by atoms with E-state index in [1.807, 2.05) is 18.2 Å². The molecule has 122 valence electrons. The van der Waals surface area contributed by atoms with E-state index in [2.05, 4.69) is 15.4 Å². The largest absolute Gasteiger partial charge is 0.476 e. The molecule has 1 saturated carbocycles. The van der Waals surface area contributed by atoms with Gasteiger partial charge >= 0.3 is 5.97 Å². The van der Waals surface area contributed by atoms with Crippen molar-refractivity contribution in [2.45, 2.75) is 37.7 Å². The van der Waals surface area contributed by atoms with Crippen molar-refractivity contribution in [3.63, 3.8) is 0 Å². The lowest BCUT2D eigenvalue weighted by Crippen LogP contribution is -2.24. The maximum absolute atomic E-state index is 11.0. The summed E-state index contributed by atoms with van der Waals surface area (Å²) in [6, 6.07) is 5.73. The monoisotopic (exact) mass is 355 g/mol. The van der Waals surface area contributed by atoms with Crippen LogP contribution in [0.4, 0.5) is 0 Å². The van der Waals surface area contributed by atoms with Gasteiger partial charge in [0.05, 0.1) is 10.0 Å². The Morgan fingerprint density at radius 1 is 1.22 bits per heavy atom. The molecule has 8 heteroatoms. The number of aromatic amines is 1. The first-order valence-corrected chi connectivity index (χ1v) is 8.06. The first kappa shape index (κ1) is 16.1. The van der Waals surface area contributed by atoms with Gasteiger partial charge in [0, 0.05) is 0 Å². The zero-order chi connectivity index (χ0) is 16.4. The highest BCUT2D eigenvalue weighted by Crippen LogP contribution is 2.36. The number of aromatic carboxylic acids is 1. The van der Waals surface area contributed by atoms with Gasteiger partial charge in [0.2, 0.25) is 5.69 Å². The molecule has 1 aromatic carbocycles. The van der Waals surface area contributed by atoms with E-state index < -0.39 is 5.97 Å². The molecular formula is C15H15Cl2N3O3. The molecule has 2 N–H and O–H groups in total. The molecule has 0 amide bonds. The van der Waals surface area contributed by atoms with Crippen molar-refractivity contribution in [3.8, 4) is 5.88 Å². The topological polar surface area (TPSA) is 88.1 Å². The highest BCUT2D eigenvalue weighted by Gasteiger charge is 2.26. The third-order valence-electron chi connectivity index (χ3n) is 4.10. The smallest absolute Gasteiger partial charge is 0.359 e. The summed E-state index contributed by atoms with van der Waals surface area (Å²) in [5.74, 6) is -0.675. The molecule has 0 unspecified atom stereocenters. The number of nitrogens with one attached hydrogen (secondary N) is 1. The van der Waals surface area contributed by atoms with E-state index in [4.69, 9.17) is 33.0 Å². The second-order valence-electron chi connectivity index (χ2n) is 5.56. The molecule has 6 nitrogen and oxygen atoms in total. The number of H-pyrrole nitrogens is 1. The summed E-state index contributed by atoms with van der Waals surface area (Å²) in [6.07, 6.45) is 3.44. The second kappa shape index (κ2) is 6.76. The van der Waals surface area contributed by atoms with Crippen LogP contribution in [0.25, 0.3) is 0 Å². The van der Waals surface area contributed by atoms with Crippen molar-refractivity contribution in [1.82, 2.24) is 15.4 Å². The maximum atomic E-state index is 11.0. The molecular weight excluding hydrogens is 341 g/mol. The Morgan fingerprint density at radius 2 is 1.96 bits per heavy atom. The summed E-state index contributed by atoms with van der Waals surface area (Å²) in [7, 11) is 0. The van der Waals surface area contributed by atoms with Crippen LogP contribution in [-0.2, 0) is 0 Å². The Balaban J connectivity index is 1.61. The third-order valence-corrected chi connectivity index (χ3v) is 4.84. The van der Waals surface area contributed by atoms with Gasteiger partial charge in [-0.25, -0.2) is 9.89 Å². The van der Waals surface area contributed by atoms with Crippen LogP contribution in [0.3, 0.4) is 0 Å². The SMILES string of the molecule is O=C(O)c1[nH]nnc1O[C@H]1CC[C@@H](c2ccc(Cl)c(Cl)c2)CC1. The molecule has 2 aromatic rings. The molecule has 1 aliphatic rings. The normalized spacial score (nSPS) is 21.1. The lowest BCUT2D eigenvalue weighted by atomic mass is 9.83. The van der Waals surface area contributed by atoms with Gasteiger partial charge in [0.15, 0.2) is 0 Å². The molecule has 1 aliphatic carbocycles. The average molecular weight is 356 g/mol. The minimum Gasteiger partial charge on any atom is -0.476 e. The zero-order valence-corrected chi connectivity index (χ0v) is 13.6. The fraction of sp³-hybridized carbons (Fsp3) is 0.400. The van der Waals surface area contributed by atoms with Crippen LogP contribution in [0.2, 0.25) is 10.0 Å². The lowest BCUT2D eigenvalue weighted by Gasteiger charge is -2.28. The Bertz CT molecular complexity index is 712. The first-order chi connectivity index (χ1) is 11.0. The first-order valence-electron chi connectivity index (χ1n) is 7.30. The Labute approximate surface area is 142 Å². The number of benzene rings is 1. The van der Waals surface area contributed by atoms with Crippen LogP contribution in [-0.4, -0.2) is 32.6 Å². The van der Waals surface area contributed by atoms with Crippen molar-refractivity contribution in [2.24, 2.45) is 0 Å². The van der Waals surface area contributed by atoms with E-state index in [1.54, 1.807) is 0 Å². The van der Waals surface area contributed by atoms with E-state index in [0.29, 0.717) is 16.0 Å². The molecule has 0 aliphatic heterocycles. The van der Waals surface area contributed by atoms with Gasteiger partial charge in [0.25, 0.3) is 5.88 Å². The van der Waals surface area contributed by atoms with Crippen LogP contribution < -0.4 is 4.74 Å². The number of carboxylic acid groups (broad SMARTS) is 1. The van der Waals surface area contributed by atoms with E-state index >= 15 is 0 Å². The van der Waals surface area contributed by atoms with Gasteiger partial charge < -0.3 is 9.84 Å². The highest BCUT2D eigenvalue weighted by molar-refractivity contribution is 6.42. The lowest BCUT2D eigenvalue weighted by molar-refractivity contribution is 0.0678. The summed E-state index contributed by atoms with van der Waals surface area (Å²) in [5.41, 5.74) is 1.06. The molecule has 1 aromatic heterocycles. The molecule has 1 heterocycles. The highest BCUT2D eigenvalue weighted by atomic mass is 35.5. The number of carbonyl (C=O) groups is 1. The Kier molecular flexibility index (Phi) is 4.73. The fourth-order valence-electron chi connectivity index (χ4n) is 2.88. The van der Waals surface area contributed by atoms with Gasteiger partial charge in [-0.2, -0.15) is 0 Å². The second-order valence-corrected chi connectivity index (χ2v) is 6.38. The summed E-state index contributed by atoms with van der Waals surface area (Å²) in [5, 5.41) is 19.6. The Morgan fingerprint density at radius 3 is 2.61 bits per heavy atom. The quantitative estimate of drug-likeness (QED) is 0.867. The summed E-state index contributed by atoms with van der Waals surface area (Å²) < 4.78 is 5.68. The van der Waals surface area contributed by atoms with Crippen LogP contribution >= 0.6 is 23.2 Å². The van der Waals surface area contributed by atoms with Crippen molar-refractivity contribution in [1.29, 1.82) is 0 Å². The van der Waals surface area contributed by atoms with Gasteiger partial charge in [-0.1, -0.05) is 39.6 Å². The van der Waals surface area contributed by atoms with Crippen molar-refractivity contribution in [2.75, 3.05) is 0 Å². The van der Waals surface area contributed by atoms with Crippen molar-refractivity contribution in [3.05, 3.63) is 39.5 Å². The minimum atomic E-state index is -1.13. The number of ether oxygens (including phenoxy) is 1. The number of hydrogen-bond donors (Lipinski definition) is 2. The van der Waals surface area contributed by atoms with E-state index in [9.17, 15) is 4.79 Å². The summed E-state index contributed by atoms with van der Waals surface area (Å²) >= 11 is 12.0. The Hall–Kier alpha value is -1.79. The number of rotatable bonds is 4. The van der Waals surface area contributed by atoms with Crippen molar-refractivity contribution >= 4 is 29.2 Å². The van der Waals surface area contributed by atoms with E-state index in [-0.39, 0.29) is 17.7 Å². The van der Waals surface area contributed by atoms with Gasteiger partial charge in [0.1, 0.15) is 6.10 Å². The fourth-order valence-corrected chi connectivity index (χ4v) is 3.18. The van der Waals surface area contributed by atoms with Crippen LogP contribution in [0.1, 0.15) is 47.7 Å². The number of halogens is 2. The maximum Gasteiger partial charge on any atom is 0.359 e. The molecule has 0 atom stereocenters. The summed E-state index contributed by atoms with van der Waals surface area (Å²) in [6.45, 7) is 0. The minimum absolute atomic E-state index is 0.0514. The molecule has 0 spiro atoms. The molecule has 23 heavy (non-hydrogen) atoms. The molecule has 1 fully saturated rings. The van der Waals surface area contributed by atoms with Gasteiger partial charge in [-0.3, -0.25) is 0 Å². The third kappa shape index (κ3) is 3.59. The van der Waals surface area contributed by atoms with E-state index in [1.165, 1.54) is 5.56 Å². The standard InChI is InChI=1S/C15H15Cl2N3O3/c16-11-6-3-9(7-12(11)17)8-1-4-10(5-2-8)23-14-13(15(21)22)18-20-19-14/h3,6-8,10H,1-2,4-5H2,(H,21,22)(H,18,19,20)/t8-,10+.